The van der Waals surface area contributed by atoms with Gasteiger partial charge in [-0.1, -0.05) is 77.8 Å². The summed E-state index contributed by atoms with van der Waals surface area (Å²) in [6, 6.07) is 22.8. The van der Waals surface area contributed by atoms with Crippen molar-refractivity contribution < 1.29 is 13.2 Å². The Balaban J connectivity index is 1.72. The van der Waals surface area contributed by atoms with Gasteiger partial charge in [0.25, 0.3) is 0 Å². The molecule has 1 N–H and O–H groups in total. The van der Waals surface area contributed by atoms with Gasteiger partial charge in [-0.15, -0.1) is 0 Å². The summed E-state index contributed by atoms with van der Waals surface area (Å²) < 4.78 is 26.2. The maximum Gasteiger partial charge on any atom is 0.232 e. The predicted molar refractivity (Wildman–Crippen MR) is 135 cm³/mol. The molecule has 0 spiro atoms. The maximum atomic E-state index is 12.9. The van der Waals surface area contributed by atoms with E-state index in [0.29, 0.717) is 22.7 Å². The van der Waals surface area contributed by atoms with E-state index in [4.69, 9.17) is 11.6 Å². The van der Waals surface area contributed by atoms with E-state index in [1.54, 1.807) is 25.1 Å². The van der Waals surface area contributed by atoms with E-state index in [9.17, 15) is 13.2 Å². The first-order valence-corrected chi connectivity index (χ1v) is 13.0. The number of anilines is 1. The van der Waals surface area contributed by atoms with Gasteiger partial charge in [-0.2, -0.15) is 0 Å². The number of sulfonamides is 1. The van der Waals surface area contributed by atoms with Crippen LogP contribution in [0.5, 0.6) is 0 Å². The molecular weight excluding hydrogens is 456 g/mol. The second kappa shape index (κ2) is 10.9. The molecule has 0 aliphatic carbocycles. The van der Waals surface area contributed by atoms with Crippen LogP contribution in [0.1, 0.15) is 41.1 Å². The number of aryl methyl sites for hydroxylation is 1. The molecule has 1 unspecified atom stereocenters. The largest absolute Gasteiger partial charge is 0.345 e. The van der Waals surface area contributed by atoms with E-state index in [0.717, 1.165) is 22.9 Å². The van der Waals surface area contributed by atoms with Crippen molar-refractivity contribution >= 4 is 33.2 Å². The van der Waals surface area contributed by atoms with Crippen LogP contribution >= 0.6 is 11.6 Å². The normalized spacial score (nSPS) is 12.2. The lowest BCUT2D eigenvalue weighted by Gasteiger charge is -2.25. The van der Waals surface area contributed by atoms with Crippen molar-refractivity contribution in [2.24, 2.45) is 0 Å². The Morgan fingerprint density at radius 3 is 2.30 bits per heavy atom. The molecule has 0 fully saturated rings. The summed E-state index contributed by atoms with van der Waals surface area (Å²) in [5.74, 6) is -0.137. The summed E-state index contributed by atoms with van der Waals surface area (Å²) in [6.45, 7) is 3.99. The van der Waals surface area contributed by atoms with Gasteiger partial charge in [0.05, 0.1) is 18.0 Å². The Kier molecular flexibility index (Phi) is 8.16. The average molecular weight is 485 g/mol. The number of rotatable bonds is 9. The van der Waals surface area contributed by atoms with Crippen molar-refractivity contribution in [3.8, 4) is 0 Å². The fourth-order valence-electron chi connectivity index (χ4n) is 3.80. The van der Waals surface area contributed by atoms with E-state index in [2.05, 4.69) is 11.4 Å². The van der Waals surface area contributed by atoms with E-state index < -0.39 is 10.0 Å². The van der Waals surface area contributed by atoms with Crippen LogP contribution in [0.3, 0.4) is 0 Å². The molecule has 3 rings (SSSR count). The van der Waals surface area contributed by atoms with Crippen LogP contribution in [-0.4, -0.2) is 27.1 Å². The van der Waals surface area contributed by atoms with Gasteiger partial charge >= 0.3 is 0 Å². The molecule has 0 aliphatic rings. The Bertz CT molecular complexity index is 1210. The minimum atomic E-state index is -3.53. The third kappa shape index (κ3) is 6.59. The number of nitrogens with one attached hydrogen (secondary N) is 1. The lowest BCUT2D eigenvalue weighted by atomic mass is 9.97. The number of amides is 1. The number of nitrogens with zero attached hydrogens (tertiary/aromatic N) is 1. The zero-order chi connectivity index (χ0) is 24.0. The molecule has 0 heterocycles. The molecule has 33 heavy (non-hydrogen) atoms. The first-order valence-electron chi connectivity index (χ1n) is 10.8. The third-order valence-electron chi connectivity index (χ3n) is 5.49. The second-order valence-corrected chi connectivity index (χ2v) is 10.5. The number of hydrogen-bond donors (Lipinski definition) is 1. The quantitative estimate of drug-likeness (QED) is 0.441. The van der Waals surface area contributed by atoms with Gasteiger partial charge in [-0.05, 0) is 49.1 Å². The van der Waals surface area contributed by atoms with E-state index >= 15 is 0 Å². The summed E-state index contributed by atoms with van der Waals surface area (Å²) in [5.41, 5.74) is 4.33. The molecule has 0 saturated heterocycles. The molecule has 0 bridgehead atoms. The zero-order valence-electron chi connectivity index (χ0n) is 19.1. The zero-order valence-corrected chi connectivity index (χ0v) is 20.7. The van der Waals surface area contributed by atoms with E-state index in [1.165, 1.54) is 4.31 Å². The molecule has 0 saturated carbocycles. The van der Waals surface area contributed by atoms with Gasteiger partial charge in [0, 0.05) is 18.0 Å². The molecule has 1 atom stereocenters. The predicted octanol–water partition coefficient (Wildman–Crippen LogP) is 5.41. The Morgan fingerprint density at radius 1 is 0.970 bits per heavy atom. The highest BCUT2D eigenvalue weighted by Crippen LogP contribution is 2.28. The SMILES string of the molecule is Cc1cccc(C(NC(=O)CCCN(c2cccc(Cl)c2C)S(C)(=O)=O)c2ccccc2)c1. The monoisotopic (exact) mass is 484 g/mol. The molecule has 1 amide bonds. The van der Waals surface area contributed by atoms with Gasteiger partial charge in [-0.25, -0.2) is 8.42 Å². The molecule has 0 aromatic heterocycles. The van der Waals surface area contributed by atoms with Gasteiger partial charge in [0.1, 0.15) is 0 Å². The molecule has 0 radical (unpaired) electrons. The van der Waals surface area contributed by atoms with Crippen LogP contribution in [0.15, 0.2) is 72.8 Å². The lowest BCUT2D eigenvalue weighted by Crippen LogP contribution is -2.33. The number of carbonyl (C=O) groups excluding carboxylic acids is 1. The molecular formula is C26H29ClN2O3S. The van der Waals surface area contributed by atoms with Crippen molar-refractivity contribution in [1.82, 2.24) is 5.32 Å². The minimum Gasteiger partial charge on any atom is -0.345 e. The van der Waals surface area contributed by atoms with Crippen LogP contribution in [0, 0.1) is 13.8 Å². The number of carbonyl (C=O) groups is 1. The van der Waals surface area contributed by atoms with Crippen LogP contribution in [0.2, 0.25) is 5.02 Å². The Labute approximate surface area is 201 Å². The van der Waals surface area contributed by atoms with Crippen LogP contribution in [0.4, 0.5) is 5.69 Å². The summed E-state index contributed by atoms with van der Waals surface area (Å²) in [5, 5.41) is 3.62. The molecule has 5 nitrogen and oxygen atoms in total. The van der Waals surface area contributed by atoms with Crippen LogP contribution in [-0.2, 0) is 14.8 Å². The highest BCUT2D eigenvalue weighted by molar-refractivity contribution is 7.92. The van der Waals surface area contributed by atoms with E-state index in [-0.39, 0.29) is 24.9 Å². The Hall–Kier alpha value is -2.83. The molecule has 0 aliphatic heterocycles. The maximum absolute atomic E-state index is 12.9. The van der Waals surface area contributed by atoms with Gasteiger partial charge in [0.15, 0.2) is 0 Å². The van der Waals surface area contributed by atoms with Gasteiger partial charge in [0.2, 0.25) is 15.9 Å². The lowest BCUT2D eigenvalue weighted by molar-refractivity contribution is -0.121. The van der Waals surface area contributed by atoms with Crippen molar-refractivity contribution in [2.45, 2.75) is 32.7 Å². The molecule has 7 heteroatoms. The van der Waals surface area contributed by atoms with E-state index in [1.807, 2.05) is 55.5 Å². The van der Waals surface area contributed by atoms with Crippen molar-refractivity contribution in [3.05, 3.63) is 100 Å². The molecule has 174 valence electrons. The topological polar surface area (TPSA) is 66.5 Å². The fraction of sp³-hybridized carbons (Fsp3) is 0.269. The smallest absolute Gasteiger partial charge is 0.232 e. The summed E-state index contributed by atoms with van der Waals surface area (Å²) in [4.78, 5) is 12.9. The van der Waals surface area contributed by atoms with Gasteiger partial charge in [-0.3, -0.25) is 9.10 Å². The second-order valence-electron chi connectivity index (χ2n) is 8.15. The van der Waals surface area contributed by atoms with Crippen LogP contribution in [0.25, 0.3) is 0 Å². The summed E-state index contributed by atoms with van der Waals surface area (Å²) in [6.07, 6.45) is 1.73. The van der Waals surface area contributed by atoms with Crippen LogP contribution < -0.4 is 9.62 Å². The highest BCUT2D eigenvalue weighted by Gasteiger charge is 2.21. The van der Waals surface area contributed by atoms with Gasteiger partial charge < -0.3 is 5.32 Å². The molecule has 3 aromatic rings. The minimum absolute atomic E-state index is 0.137. The standard InChI is InChI=1S/C26H29ClN2O3S/c1-19-10-7-13-22(18-19)26(21-11-5-4-6-12-21)28-25(30)16-9-17-29(33(3,31)32)24-15-8-14-23(27)20(24)2/h4-8,10-15,18,26H,9,16-17H2,1-3H3,(H,28,30). The number of hydrogen-bond acceptors (Lipinski definition) is 3. The third-order valence-corrected chi connectivity index (χ3v) is 7.08. The highest BCUT2D eigenvalue weighted by atomic mass is 35.5. The first kappa shape index (κ1) is 24.8. The van der Waals surface area contributed by atoms with Crippen molar-refractivity contribution in [2.75, 3.05) is 17.1 Å². The fourth-order valence-corrected chi connectivity index (χ4v) is 4.99. The number of benzene rings is 3. The molecule has 3 aromatic carbocycles. The van der Waals surface area contributed by atoms with Crippen molar-refractivity contribution in [3.63, 3.8) is 0 Å². The van der Waals surface area contributed by atoms with Crippen molar-refractivity contribution in [1.29, 1.82) is 0 Å². The first-order chi connectivity index (χ1) is 15.7. The average Bonchev–Trinajstić information content (AvgIpc) is 2.77. The summed E-state index contributed by atoms with van der Waals surface area (Å²) >= 11 is 6.19. The Morgan fingerprint density at radius 2 is 1.64 bits per heavy atom. The summed E-state index contributed by atoms with van der Waals surface area (Å²) in [7, 11) is -3.53. The number of halogens is 1.